The number of H-pyrrole nitrogens is 1. The minimum absolute atomic E-state index is 0.131. The van der Waals surface area contributed by atoms with Crippen LogP contribution in [-0.2, 0) is 21.2 Å². The molecule has 2 aliphatic rings. The van der Waals surface area contributed by atoms with E-state index >= 15 is 0 Å². The number of aromatic amines is 1. The maximum atomic E-state index is 12.4. The van der Waals surface area contributed by atoms with Gasteiger partial charge in [-0.1, -0.05) is 6.92 Å². The van der Waals surface area contributed by atoms with Crippen molar-refractivity contribution in [2.75, 3.05) is 26.3 Å². The highest BCUT2D eigenvalue weighted by Crippen LogP contribution is 2.20. The highest BCUT2D eigenvalue weighted by atomic mass is 32.2. The third kappa shape index (κ3) is 3.13. The van der Waals surface area contributed by atoms with Gasteiger partial charge in [-0.2, -0.15) is 0 Å². The normalized spacial score (nSPS) is 27.5. The Morgan fingerprint density at radius 2 is 2.19 bits per heavy atom. The Morgan fingerprint density at radius 3 is 2.86 bits per heavy atom. The first-order valence-corrected chi connectivity index (χ1v) is 8.96. The van der Waals surface area contributed by atoms with E-state index in [2.05, 4.69) is 19.6 Å². The van der Waals surface area contributed by atoms with Crippen LogP contribution in [0, 0.1) is 0 Å². The molecule has 0 spiro atoms. The molecule has 8 heteroatoms. The average Bonchev–Trinajstić information content (AvgIpc) is 3.19. The summed E-state index contributed by atoms with van der Waals surface area (Å²) in [6.45, 7) is 5.00. The van der Waals surface area contributed by atoms with Crippen LogP contribution in [0.15, 0.2) is 11.2 Å². The van der Waals surface area contributed by atoms with Crippen LogP contribution in [0.1, 0.15) is 25.6 Å². The summed E-state index contributed by atoms with van der Waals surface area (Å²) in [4.78, 5) is 9.23. The highest BCUT2D eigenvalue weighted by molar-refractivity contribution is 7.89. The first-order valence-electron chi connectivity index (χ1n) is 7.48. The van der Waals surface area contributed by atoms with Gasteiger partial charge in [-0.3, -0.25) is 4.90 Å². The summed E-state index contributed by atoms with van der Waals surface area (Å²) in [6, 6.07) is -0.0580. The molecule has 0 bridgehead atoms. The number of rotatable bonds is 5. The van der Waals surface area contributed by atoms with Crippen molar-refractivity contribution in [2.24, 2.45) is 0 Å². The lowest BCUT2D eigenvalue weighted by atomic mass is 10.1. The Hall–Kier alpha value is -0.960. The van der Waals surface area contributed by atoms with Crippen molar-refractivity contribution >= 4 is 10.0 Å². The lowest BCUT2D eigenvalue weighted by Crippen LogP contribution is -2.50. The van der Waals surface area contributed by atoms with E-state index in [1.165, 1.54) is 19.0 Å². The van der Waals surface area contributed by atoms with Crippen LogP contribution >= 0.6 is 0 Å². The Morgan fingerprint density at radius 1 is 1.43 bits per heavy atom. The minimum Gasteiger partial charge on any atom is -0.378 e. The van der Waals surface area contributed by atoms with Crippen molar-refractivity contribution in [2.45, 2.75) is 43.3 Å². The molecule has 0 radical (unpaired) electrons. The van der Waals surface area contributed by atoms with Gasteiger partial charge in [0.1, 0.15) is 5.82 Å². The molecule has 0 aromatic carbocycles. The molecule has 1 aromatic heterocycles. The van der Waals surface area contributed by atoms with Gasteiger partial charge < -0.3 is 9.72 Å². The summed E-state index contributed by atoms with van der Waals surface area (Å²) in [6.07, 6.45) is 4.41. The van der Waals surface area contributed by atoms with E-state index < -0.39 is 10.0 Å². The first-order chi connectivity index (χ1) is 10.1. The predicted octanol–water partition coefficient (Wildman–Crippen LogP) is 0.114. The number of hydrogen-bond acceptors (Lipinski definition) is 5. The molecule has 0 aliphatic carbocycles. The van der Waals surface area contributed by atoms with Gasteiger partial charge >= 0.3 is 0 Å². The van der Waals surface area contributed by atoms with Gasteiger partial charge in [0, 0.05) is 6.42 Å². The van der Waals surface area contributed by atoms with Crippen molar-refractivity contribution in [3.05, 3.63) is 12.0 Å². The van der Waals surface area contributed by atoms with Crippen LogP contribution in [0.2, 0.25) is 0 Å². The third-order valence-electron chi connectivity index (χ3n) is 4.20. The fraction of sp³-hybridized carbons (Fsp3) is 0.769. The smallest absolute Gasteiger partial charge is 0.258 e. The number of likely N-dealkylation sites (tertiary alicyclic amines) is 1. The number of nitrogens with zero attached hydrogens (tertiary/aromatic N) is 2. The fourth-order valence-electron chi connectivity index (χ4n) is 3.01. The van der Waals surface area contributed by atoms with Crippen LogP contribution in [0.5, 0.6) is 0 Å². The molecular weight excluding hydrogens is 292 g/mol. The molecule has 118 valence electrons. The standard InChI is InChI=1S/C13H22N4O3S/c1-2-12-14-7-13(15-12)21(18,19)16-10-8-20-9-11(10)17-5-3-4-6-17/h7,10-11,16H,2-6,8-9H2,1H3,(H,14,15)/t10-,11-/m0/s1. The van der Waals surface area contributed by atoms with Crippen LogP contribution in [0.4, 0.5) is 0 Å². The zero-order chi connectivity index (χ0) is 14.9. The summed E-state index contributed by atoms with van der Waals surface area (Å²) in [7, 11) is -3.57. The molecule has 1 aromatic rings. The topological polar surface area (TPSA) is 87.3 Å². The molecule has 2 atom stereocenters. The lowest BCUT2D eigenvalue weighted by molar-refractivity contribution is 0.159. The highest BCUT2D eigenvalue weighted by Gasteiger charge is 2.37. The van der Waals surface area contributed by atoms with Gasteiger partial charge in [-0.05, 0) is 25.9 Å². The zero-order valence-electron chi connectivity index (χ0n) is 12.2. The van der Waals surface area contributed by atoms with Gasteiger partial charge in [0.2, 0.25) is 0 Å². The van der Waals surface area contributed by atoms with Gasteiger partial charge in [0.05, 0.1) is 31.5 Å². The Balaban J connectivity index is 1.71. The number of aromatic nitrogens is 2. The van der Waals surface area contributed by atoms with E-state index in [1.807, 2.05) is 6.92 Å². The second-order valence-corrected chi connectivity index (χ2v) is 7.31. The maximum Gasteiger partial charge on any atom is 0.258 e. The molecule has 0 unspecified atom stereocenters. The Bertz CT molecular complexity index is 580. The number of hydrogen-bond donors (Lipinski definition) is 2. The van der Waals surface area contributed by atoms with Crippen LogP contribution < -0.4 is 4.72 Å². The van der Waals surface area contributed by atoms with Gasteiger partial charge in [0.15, 0.2) is 5.03 Å². The van der Waals surface area contributed by atoms with Gasteiger partial charge in [-0.25, -0.2) is 18.1 Å². The second-order valence-electron chi connectivity index (χ2n) is 5.62. The zero-order valence-corrected chi connectivity index (χ0v) is 13.0. The van der Waals surface area contributed by atoms with E-state index in [0.29, 0.717) is 25.5 Å². The molecule has 0 amide bonds. The Kier molecular flexibility index (Phi) is 4.30. The van der Waals surface area contributed by atoms with Gasteiger partial charge in [-0.15, -0.1) is 0 Å². The number of nitrogens with one attached hydrogen (secondary N) is 2. The van der Waals surface area contributed by atoms with Crippen LogP contribution in [-0.4, -0.2) is 61.7 Å². The quantitative estimate of drug-likeness (QED) is 0.806. The fourth-order valence-corrected chi connectivity index (χ4v) is 4.21. The van der Waals surface area contributed by atoms with E-state index in [1.54, 1.807) is 0 Å². The van der Waals surface area contributed by atoms with Gasteiger partial charge in [0.25, 0.3) is 10.0 Å². The summed E-state index contributed by atoms with van der Waals surface area (Å²) in [5.41, 5.74) is 0. The first kappa shape index (κ1) is 15.0. The van der Waals surface area contributed by atoms with Crippen LogP contribution in [0.3, 0.4) is 0 Å². The molecule has 7 nitrogen and oxygen atoms in total. The SMILES string of the molecule is CCc1ncc(S(=O)(=O)N[C@H]2COC[C@@H]2N2CCCC2)[nH]1. The third-order valence-corrected chi connectivity index (χ3v) is 5.60. The molecular formula is C13H22N4O3S. The van der Waals surface area contributed by atoms with E-state index in [0.717, 1.165) is 13.1 Å². The monoisotopic (exact) mass is 314 g/mol. The maximum absolute atomic E-state index is 12.4. The largest absolute Gasteiger partial charge is 0.378 e. The number of sulfonamides is 1. The molecule has 2 aliphatic heterocycles. The molecule has 2 N–H and O–H groups in total. The summed E-state index contributed by atoms with van der Waals surface area (Å²) in [5, 5.41) is 0.131. The molecule has 3 heterocycles. The van der Waals surface area contributed by atoms with Crippen molar-refractivity contribution in [3.63, 3.8) is 0 Å². The summed E-state index contributed by atoms with van der Waals surface area (Å²) >= 11 is 0. The number of imidazole rings is 1. The molecule has 3 rings (SSSR count). The van der Waals surface area contributed by atoms with Crippen molar-refractivity contribution in [1.29, 1.82) is 0 Å². The second kappa shape index (κ2) is 6.04. The van der Waals surface area contributed by atoms with E-state index in [4.69, 9.17) is 4.74 Å². The van der Waals surface area contributed by atoms with E-state index in [9.17, 15) is 8.42 Å². The van der Waals surface area contributed by atoms with Crippen molar-refractivity contribution < 1.29 is 13.2 Å². The van der Waals surface area contributed by atoms with Crippen molar-refractivity contribution in [3.8, 4) is 0 Å². The van der Waals surface area contributed by atoms with Crippen molar-refractivity contribution in [1.82, 2.24) is 19.6 Å². The van der Waals surface area contributed by atoms with Crippen LogP contribution in [0.25, 0.3) is 0 Å². The molecule has 0 saturated carbocycles. The predicted molar refractivity (Wildman–Crippen MR) is 77.5 cm³/mol. The number of ether oxygens (including phenoxy) is 1. The minimum atomic E-state index is -3.57. The summed E-state index contributed by atoms with van der Waals surface area (Å²) in [5.74, 6) is 0.675. The molecule has 2 saturated heterocycles. The molecule has 21 heavy (non-hydrogen) atoms. The van der Waals surface area contributed by atoms with E-state index in [-0.39, 0.29) is 17.1 Å². The average molecular weight is 314 g/mol. The molecule has 2 fully saturated rings. The lowest BCUT2D eigenvalue weighted by Gasteiger charge is -2.27. The summed E-state index contributed by atoms with van der Waals surface area (Å²) < 4.78 is 33.1. The number of aryl methyl sites for hydroxylation is 1. The Labute approximate surface area is 125 Å².